The molecule has 0 bridgehead atoms. The smallest absolute Gasteiger partial charge is 0.225 e. The summed E-state index contributed by atoms with van der Waals surface area (Å²) in [6, 6.07) is 2.19. The number of nitrogens with one attached hydrogen (secondary N) is 2. The van der Waals surface area contributed by atoms with E-state index in [0.29, 0.717) is 0 Å². The number of anilines is 1. The molecule has 1 atom stereocenters. The third kappa shape index (κ3) is 5.01. The fourth-order valence-electron chi connectivity index (χ4n) is 2.01. The van der Waals surface area contributed by atoms with Crippen molar-refractivity contribution in [1.82, 2.24) is 5.32 Å². The second-order valence-corrected chi connectivity index (χ2v) is 5.60. The minimum atomic E-state index is -0.839. The highest BCUT2D eigenvalue weighted by molar-refractivity contribution is 7.99. The van der Waals surface area contributed by atoms with Gasteiger partial charge < -0.3 is 15.4 Å². The Labute approximate surface area is 132 Å². The number of ether oxygens (including phenoxy) is 1. The molecule has 118 valence electrons. The number of carbonyl (C=O) groups is 1. The summed E-state index contributed by atoms with van der Waals surface area (Å²) in [4.78, 5) is 11.8. The van der Waals surface area contributed by atoms with E-state index in [-0.39, 0.29) is 36.5 Å². The average molecular weight is 339 g/mol. The van der Waals surface area contributed by atoms with Crippen LogP contribution in [0.2, 0.25) is 0 Å². The Morgan fingerprint density at radius 2 is 2.14 bits per heavy atom. The van der Waals surface area contributed by atoms with Gasteiger partial charge in [-0.3, -0.25) is 4.79 Å². The van der Waals surface area contributed by atoms with E-state index in [9.17, 15) is 13.6 Å². The number of hydrogen-bond acceptors (Lipinski definition) is 4. The van der Waals surface area contributed by atoms with Crippen molar-refractivity contribution in [1.29, 1.82) is 0 Å². The lowest BCUT2D eigenvalue weighted by Crippen LogP contribution is -2.39. The van der Waals surface area contributed by atoms with Gasteiger partial charge in [-0.05, 0) is 0 Å². The first-order valence-corrected chi connectivity index (χ1v) is 7.39. The quantitative estimate of drug-likeness (QED) is 0.885. The van der Waals surface area contributed by atoms with Crippen LogP contribution in [0.3, 0.4) is 0 Å². The molecular formula is C13H17ClF2N2O2S. The number of halogens is 3. The van der Waals surface area contributed by atoms with Crippen molar-refractivity contribution in [2.75, 3.05) is 30.5 Å². The van der Waals surface area contributed by atoms with Crippen molar-refractivity contribution >= 4 is 35.8 Å². The molecule has 2 N–H and O–H groups in total. The highest BCUT2D eigenvalue weighted by atomic mass is 35.5. The molecule has 4 nitrogen and oxygen atoms in total. The minimum absolute atomic E-state index is 0. The molecular weight excluding hydrogens is 322 g/mol. The summed E-state index contributed by atoms with van der Waals surface area (Å²) < 4.78 is 31.6. The Kier molecular flexibility index (Phi) is 7.21. The molecule has 2 rings (SSSR count). The van der Waals surface area contributed by atoms with Crippen LogP contribution in [-0.4, -0.2) is 37.1 Å². The number of benzene rings is 1. The lowest BCUT2D eigenvalue weighted by molar-refractivity contribution is -0.116. The molecule has 0 radical (unpaired) electrons. The highest BCUT2D eigenvalue weighted by Gasteiger charge is 2.18. The van der Waals surface area contributed by atoms with Gasteiger partial charge in [0.25, 0.3) is 0 Å². The molecule has 1 unspecified atom stereocenters. The third-order valence-electron chi connectivity index (χ3n) is 2.92. The van der Waals surface area contributed by atoms with E-state index in [1.165, 1.54) is 7.11 Å². The summed E-state index contributed by atoms with van der Waals surface area (Å²) >= 11 is 1.78. The molecule has 21 heavy (non-hydrogen) atoms. The Balaban J connectivity index is 0.00000220. The molecule has 1 saturated heterocycles. The van der Waals surface area contributed by atoms with Crippen molar-refractivity contribution in [3.63, 3.8) is 0 Å². The van der Waals surface area contributed by atoms with Gasteiger partial charge >= 0.3 is 0 Å². The largest absolute Gasteiger partial charge is 0.491 e. The van der Waals surface area contributed by atoms with Gasteiger partial charge in [-0.2, -0.15) is 11.8 Å². The zero-order valence-corrected chi connectivity index (χ0v) is 13.1. The summed E-state index contributed by atoms with van der Waals surface area (Å²) in [7, 11) is 1.19. The Morgan fingerprint density at radius 1 is 1.48 bits per heavy atom. The maximum atomic E-state index is 13.5. The maximum absolute atomic E-state index is 13.5. The fraction of sp³-hybridized carbons (Fsp3) is 0.462. The molecule has 1 amide bonds. The van der Waals surface area contributed by atoms with E-state index >= 15 is 0 Å². The Hall–Kier alpha value is -1.05. The summed E-state index contributed by atoms with van der Waals surface area (Å²) in [6.07, 6.45) is 0.280. The summed E-state index contributed by atoms with van der Waals surface area (Å²) in [6.45, 7) is 0.869. The predicted octanol–water partition coefficient (Wildman–Crippen LogP) is 2.43. The topological polar surface area (TPSA) is 50.4 Å². The van der Waals surface area contributed by atoms with Gasteiger partial charge in [0, 0.05) is 48.3 Å². The number of methoxy groups -OCH3 is 1. The van der Waals surface area contributed by atoms with Gasteiger partial charge in [-0.1, -0.05) is 0 Å². The Morgan fingerprint density at radius 3 is 2.67 bits per heavy atom. The normalized spacial score (nSPS) is 17.8. The molecule has 0 aromatic heterocycles. The second kappa shape index (κ2) is 8.41. The van der Waals surface area contributed by atoms with Crippen LogP contribution in [0.15, 0.2) is 12.1 Å². The number of rotatable bonds is 4. The number of amides is 1. The number of hydrogen-bond donors (Lipinski definition) is 2. The van der Waals surface area contributed by atoms with Crippen LogP contribution in [-0.2, 0) is 4.79 Å². The molecule has 0 aliphatic carbocycles. The molecule has 1 heterocycles. The van der Waals surface area contributed by atoms with E-state index < -0.39 is 17.4 Å². The van der Waals surface area contributed by atoms with Gasteiger partial charge in [0.2, 0.25) is 5.91 Å². The highest BCUT2D eigenvalue weighted by Crippen LogP contribution is 2.25. The summed E-state index contributed by atoms with van der Waals surface area (Å²) in [5.74, 6) is -0.503. The first-order chi connectivity index (χ1) is 9.60. The van der Waals surface area contributed by atoms with Gasteiger partial charge in [-0.15, -0.1) is 12.4 Å². The molecule has 0 spiro atoms. The van der Waals surface area contributed by atoms with Crippen LogP contribution < -0.4 is 15.4 Å². The summed E-state index contributed by atoms with van der Waals surface area (Å²) in [5.41, 5.74) is 0.0919. The van der Waals surface area contributed by atoms with Crippen molar-refractivity contribution < 1.29 is 18.3 Å². The number of carbonyl (C=O) groups excluding carboxylic acids is 1. The molecule has 0 saturated carbocycles. The molecule has 1 aromatic rings. The monoisotopic (exact) mass is 338 g/mol. The van der Waals surface area contributed by atoms with Gasteiger partial charge in [0.15, 0.2) is 17.4 Å². The van der Waals surface area contributed by atoms with Gasteiger partial charge in [0.1, 0.15) is 0 Å². The van der Waals surface area contributed by atoms with Crippen LogP contribution in [0.5, 0.6) is 5.75 Å². The van der Waals surface area contributed by atoms with Crippen LogP contribution in [0.25, 0.3) is 0 Å². The molecule has 1 aromatic carbocycles. The maximum Gasteiger partial charge on any atom is 0.225 e. The summed E-state index contributed by atoms with van der Waals surface area (Å²) in [5, 5.41) is 5.73. The van der Waals surface area contributed by atoms with Crippen LogP contribution in [0, 0.1) is 11.6 Å². The number of thioether (sulfide) groups is 1. The van der Waals surface area contributed by atoms with Crippen molar-refractivity contribution in [3.05, 3.63) is 23.8 Å². The zero-order chi connectivity index (χ0) is 14.5. The van der Waals surface area contributed by atoms with E-state index in [2.05, 4.69) is 15.4 Å². The lowest BCUT2D eigenvalue weighted by atomic mass is 10.2. The third-order valence-corrected chi connectivity index (χ3v) is 4.05. The van der Waals surface area contributed by atoms with Crippen LogP contribution >= 0.6 is 24.2 Å². The fourth-order valence-corrected chi connectivity index (χ4v) is 2.96. The minimum Gasteiger partial charge on any atom is -0.491 e. The van der Waals surface area contributed by atoms with Gasteiger partial charge in [0.05, 0.1) is 7.11 Å². The predicted molar refractivity (Wildman–Crippen MR) is 82.5 cm³/mol. The van der Waals surface area contributed by atoms with Crippen molar-refractivity contribution in [2.45, 2.75) is 12.5 Å². The molecule has 1 fully saturated rings. The first-order valence-electron chi connectivity index (χ1n) is 6.24. The lowest BCUT2D eigenvalue weighted by Gasteiger charge is -2.22. The molecule has 1 aliphatic rings. The Bertz CT molecular complexity index is 476. The first kappa shape index (κ1) is 18.0. The van der Waals surface area contributed by atoms with E-state index in [4.69, 9.17) is 0 Å². The van der Waals surface area contributed by atoms with Crippen LogP contribution in [0.1, 0.15) is 6.42 Å². The SMILES string of the molecule is COc1c(F)cc(NC(=O)CC2CSCCN2)cc1F.Cl. The molecule has 1 aliphatic heterocycles. The zero-order valence-electron chi connectivity index (χ0n) is 11.4. The van der Waals surface area contributed by atoms with Gasteiger partial charge in [-0.25, -0.2) is 8.78 Å². The van der Waals surface area contributed by atoms with E-state index in [0.717, 1.165) is 30.2 Å². The van der Waals surface area contributed by atoms with Crippen LogP contribution in [0.4, 0.5) is 14.5 Å². The van der Waals surface area contributed by atoms with Crippen molar-refractivity contribution in [2.24, 2.45) is 0 Å². The van der Waals surface area contributed by atoms with E-state index in [1.54, 1.807) is 11.8 Å². The molecule has 8 heteroatoms. The van der Waals surface area contributed by atoms with E-state index in [1.807, 2.05) is 0 Å². The second-order valence-electron chi connectivity index (χ2n) is 4.45. The standard InChI is InChI=1S/C13H16F2N2O2S.ClH/c1-19-13-10(14)4-8(5-11(13)15)17-12(18)6-9-7-20-3-2-16-9;/h4-5,9,16H,2-3,6-7H2,1H3,(H,17,18);1H. The average Bonchev–Trinajstić information content (AvgIpc) is 2.39. The van der Waals surface area contributed by atoms with Crippen molar-refractivity contribution in [3.8, 4) is 5.75 Å².